The highest BCUT2D eigenvalue weighted by atomic mass is 16.5. The van der Waals surface area contributed by atoms with Crippen molar-refractivity contribution in [2.45, 2.75) is 19.5 Å². The maximum atomic E-state index is 5.00. The van der Waals surface area contributed by atoms with Crippen LogP contribution in [0, 0.1) is 6.92 Å². The molecule has 0 unspecified atom stereocenters. The molecule has 0 aliphatic carbocycles. The van der Waals surface area contributed by atoms with E-state index in [9.17, 15) is 0 Å². The van der Waals surface area contributed by atoms with Crippen molar-refractivity contribution in [2.75, 3.05) is 13.2 Å². The van der Waals surface area contributed by atoms with Crippen molar-refractivity contribution in [3.05, 3.63) is 11.7 Å². The third kappa shape index (κ3) is 1.62. The molecule has 1 aromatic rings. The van der Waals surface area contributed by atoms with Crippen LogP contribution in [-0.2, 0) is 11.3 Å². The van der Waals surface area contributed by atoms with E-state index in [-0.39, 0.29) is 0 Å². The first kappa shape index (κ1) is 7.70. The van der Waals surface area contributed by atoms with Crippen molar-refractivity contribution in [1.82, 2.24) is 15.5 Å². The molecule has 0 atom stereocenters. The molecule has 1 saturated heterocycles. The molecule has 1 aliphatic heterocycles. The lowest BCUT2D eigenvalue weighted by atomic mass is 10.2. The second-order valence-corrected chi connectivity index (χ2v) is 2.84. The topological polar surface area (TPSA) is 60.2 Å². The van der Waals surface area contributed by atoms with Gasteiger partial charge < -0.3 is 14.6 Å². The zero-order valence-electron chi connectivity index (χ0n) is 6.91. The summed E-state index contributed by atoms with van der Waals surface area (Å²) in [7, 11) is 0. The molecular formula is C7H11N3O2. The minimum atomic E-state index is 0.462. The average Bonchev–Trinajstić information content (AvgIpc) is 2.32. The summed E-state index contributed by atoms with van der Waals surface area (Å²) >= 11 is 0. The van der Waals surface area contributed by atoms with Gasteiger partial charge in [0.2, 0.25) is 5.89 Å². The van der Waals surface area contributed by atoms with E-state index in [0.29, 0.717) is 24.3 Å². The second-order valence-electron chi connectivity index (χ2n) is 2.84. The molecule has 66 valence electrons. The van der Waals surface area contributed by atoms with Gasteiger partial charge in [0.25, 0.3) is 0 Å². The Bertz CT molecular complexity index is 257. The number of rotatable bonds is 3. The summed E-state index contributed by atoms with van der Waals surface area (Å²) in [4.78, 5) is 4.06. The molecule has 1 aliphatic rings. The maximum Gasteiger partial charge on any atom is 0.223 e. The summed E-state index contributed by atoms with van der Waals surface area (Å²) in [6, 6.07) is 0.462. The molecule has 2 heterocycles. The Balaban J connectivity index is 1.79. The van der Waals surface area contributed by atoms with Gasteiger partial charge in [-0.1, -0.05) is 5.16 Å². The van der Waals surface area contributed by atoms with Gasteiger partial charge >= 0.3 is 0 Å². The van der Waals surface area contributed by atoms with Gasteiger partial charge in [0, 0.05) is 6.92 Å². The molecule has 1 N–H and O–H groups in total. The Kier molecular flexibility index (Phi) is 2.05. The molecule has 12 heavy (non-hydrogen) atoms. The Morgan fingerprint density at radius 2 is 2.42 bits per heavy atom. The highest BCUT2D eigenvalue weighted by Gasteiger charge is 2.17. The van der Waals surface area contributed by atoms with Gasteiger partial charge in [-0.2, -0.15) is 4.98 Å². The lowest BCUT2D eigenvalue weighted by Crippen LogP contribution is -2.45. The maximum absolute atomic E-state index is 5.00. The van der Waals surface area contributed by atoms with E-state index >= 15 is 0 Å². The quantitative estimate of drug-likeness (QED) is 0.682. The fraction of sp³-hybridized carbons (Fsp3) is 0.714. The molecule has 0 bridgehead atoms. The standard InChI is InChI=1S/C7H11N3O2/c1-5-9-7(10-12-5)2-8-6-3-11-4-6/h6,8H,2-4H2,1H3. The lowest BCUT2D eigenvalue weighted by Gasteiger charge is -2.26. The van der Waals surface area contributed by atoms with E-state index in [4.69, 9.17) is 9.26 Å². The first-order chi connectivity index (χ1) is 5.84. The highest BCUT2D eigenvalue weighted by molar-refractivity contribution is 4.85. The van der Waals surface area contributed by atoms with Crippen molar-refractivity contribution < 1.29 is 9.26 Å². The predicted molar refractivity (Wildman–Crippen MR) is 40.5 cm³/mol. The van der Waals surface area contributed by atoms with Crippen molar-refractivity contribution in [3.63, 3.8) is 0 Å². The number of ether oxygens (including phenoxy) is 1. The molecule has 1 fully saturated rings. The van der Waals surface area contributed by atoms with Crippen molar-refractivity contribution >= 4 is 0 Å². The number of hydrogen-bond acceptors (Lipinski definition) is 5. The van der Waals surface area contributed by atoms with E-state index in [0.717, 1.165) is 13.2 Å². The summed E-state index contributed by atoms with van der Waals surface area (Å²) in [5.41, 5.74) is 0. The van der Waals surface area contributed by atoms with E-state index in [1.54, 1.807) is 6.92 Å². The van der Waals surface area contributed by atoms with Crippen LogP contribution in [0.1, 0.15) is 11.7 Å². The van der Waals surface area contributed by atoms with Gasteiger partial charge in [0.05, 0.1) is 25.8 Å². The SMILES string of the molecule is Cc1nc(CNC2COC2)no1. The molecule has 1 aromatic heterocycles. The monoisotopic (exact) mass is 169 g/mol. The smallest absolute Gasteiger partial charge is 0.223 e. The van der Waals surface area contributed by atoms with Crippen LogP contribution >= 0.6 is 0 Å². The molecule has 5 heteroatoms. The Labute approximate surface area is 70.1 Å². The summed E-state index contributed by atoms with van der Waals surface area (Å²) < 4.78 is 9.82. The van der Waals surface area contributed by atoms with Gasteiger partial charge in [0.1, 0.15) is 0 Å². The first-order valence-electron chi connectivity index (χ1n) is 3.95. The van der Waals surface area contributed by atoms with Crippen LogP contribution in [0.2, 0.25) is 0 Å². The van der Waals surface area contributed by atoms with E-state index in [1.165, 1.54) is 0 Å². The third-order valence-electron chi connectivity index (χ3n) is 1.76. The predicted octanol–water partition coefficient (Wildman–Crippen LogP) is -0.134. The van der Waals surface area contributed by atoms with Crippen molar-refractivity contribution in [2.24, 2.45) is 0 Å². The largest absolute Gasteiger partial charge is 0.378 e. The van der Waals surface area contributed by atoms with E-state index in [1.807, 2.05) is 0 Å². The Hall–Kier alpha value is -0.940. The fourth-order valence-corrected chi connectivity index (χ4v) is 1.00. The molecule has 2 rings (SSSR count). The van der Waals surface area contributed by atoms with Gasteiger partial charge in [0.15, 0.2) is 5.82 Å². The zero-order chi connectivity index (χ0) is 8.39. The van der Waals surface area contributed by atoms with Crippen molar-refractivity contribution in [3.8, 4) is 0 Å². The van der Waals surface area contributed by atoms with Crippen molar-refractivity contribution in [1.29, 1.82) is 0 Å². The van der Waals surface area contributed by atoms with Gasteiger partial charge in [-0.15, -0.1) is 0 Å². The molecule has 0 radical (unpaired) electrons. The number of nitrogens with zero attached hydrogens (tertiary/aromatic N) is 2. The van der Waals surface area contributed by atoms with Gasteiger partial charge in [-0.25, -0.2) is 0 Å². The molecule has 0 spiro atoms. The molecular weight excluding hydrogens is 158 g/mol. The average molecular weight is 169 g/mol. The van der Waals surface area contributed by atoms with Gasteiger partial charge in [-0.05, 0) is 0 Å². The normalized spacial score (nSPS) is 17.8. The lowest BCUT2D eigenvalue weighted by molar-refractivity contribution is -0.00610. The van der Waals surface area contributed by atoms with Crippen LogP contribution in [0.25, 0.3) is 0 Å². The van der Waals surface area contributed by atoms with Crippen LogP contribution in [0.5, 0.6) is 0 Å². The van der Waals surface area contributed by atoms with Crippen LogP contribution in [0.15, 0.2) is 4.52 Å². The number of nitrogens with one attached hydrogen (secondary N) is 1. The summed E-state index contributed by atoms with van der Waals surface area (Å²) in [6.07, 6.45) is 0. The summed E-state index contributed by atoms with van der Waals surface area (Å²) in [5, 5.41) is 7.00. The fourth-order valence-electron chi connectivity index (χ4n) is 1.00. The molecule has 0 aromatic carbocycles. The van der Waals surface area contributed by atoms with E-state index in [2.05, 4.69) is 15.5 Å². The molecule has 5 nitrogen and oxygen atoms in total. The van der Waals surface area contributed by atoms with Crippen LogP contribution in [-0.4, -0.2) is 29.4 Å². The minimum absolute atomic E-state index is 0.462. The summed E-state index contributed by atoms with van der Waals surface area (Å²) in [6.45, 7) is 4.02. The van der Waals surface area contributed by atoms with Crippen LogP contribution in [0.4, 0.5) is 0 Å². The second kappa shape index (κ2) is 3.20. The number of aromatic nitrogens is 2. The highest BCUT2D eigenvalue weighted by Crippen LogP contribution is 2.01. The zero-order valence-corrected chi connectivity index (χ0v) is 6.91. The molecule has 0 saturated carbocycles. The third-order valence-corrected chi connectivity index (χ3v) is 1.76. The number of aryl methyl sites for hydroxylation is 1. The first-order valence-corrected chi connectivity index (χ1v) is 3.95. The Morgan fingerprint density at radius 1 is 1.58 bits per heavy atom. The number of hydrogen-bond donors (Lipinski definition) is 1. The summed E-state index contributed by atoms with van der Waals surface area (Å²) in [5.74, 6) is 1.32. The van der Waals surface area contributed by atoms with Gasteiger partial charge in [-0.3, -0.25) is 0 Å². The van der Waals surface area contributed by atoms with Crippen LogP contribution < -0.4 is 5.32 Å². The van der Waals surface area contributed by atoms with E-state index < -0.39 is 0 Å². The minimum Gasteiger partial charge on any atom is -0.378 e. The van der Waals surface area contributed by atoms with Crippen LogP contribution in [0.3, 0.4) is 0 Å². The molecule has 0 amide bonds. The Morgan fingerprint density at radius 3 is 2.92 bits per heavy atom.